The van der Waals surface area contributed by atoms with Gasteiger partial charge in [-0.25, -0.2) is 0 Å². The lowest BCUT2D eigenvalue weighted by Crippen LogP contribution is -2.36. The Morgan fingerprint density at radius 3 is 2.60 bits per heavy atom. The Hall–Kier alpha value is -0.280. The zero-order valence-electron chi connectivity index (χ0n) is 8.34. The van der Waals surface area contributed by atoms with Crippen LogP contribution in [-0.4, -0.2) is 0 Å². The number of hydrogen-bond acceptors (Lipinski definition) is 2. The Morgan fingerprint density at radius 1 is 1.33 bits per heavy atom. The largest absolute Gasteiger partial charge is 0.271 e. The van der Waals surface area contributed by atoms with Crippen molar-refractivity contribution < 1.29 is 0 Å². The van der Waals surface area contributed by atoms with Crippen LogP contribution in [-0.2, 0) is 0 Å². The fourth-order valence-corrected chi connectivity index (χ4v) is 2.42. The van der Waals surface area contributed by atoms with E-state index in [9.17, 15) is 0 Å². The van der Waals surface area contributed by atoms with Crippen LogP contribution >= 0.6 is 23.2 Å². The molecule has 0 heterocycles. The highest BCUT2D eigenvalue weighted by Crippen LogP contribution is 2.40. The Morgan fingerprint density at radius 2 is 2.07 bits per heavy atom. The number of benzene rings is 1. The molecule has 0 saturated heterocycles. The maximum atomic E-state index is 6.14. The summed E-state index contributed by atoms with van der Waals surface area (Å²) in [5, 5.41) is 1.43. The molecule has 2 nitrogen and oxygen atoms in total. The zero-order valence-corrected chi connectivity index (χ0v) is 9.85. The molecule has 1 aliphatic rings. The normalized spacial score (nSPS) is 18.6. The predicted molar refractivity (Wildman–Crippen MR) is 63.9 cm³/mol. The summed E-state index contributed by atoms with van der Waals surface area (Å²) < 4.78 is 0. The molecule has 82 valence electrons. The average molecular weight is 245 g/mol. The molecule has 1 aliphatic carbocycles. The number of hydrazine groups is 1. The van der Waals surface area contributed by atoms with Crippen LogP contribution in [0.1, 0.15) is 30.9 Å². The minimum atomic E-state index is 0.130. The minimum absolute atomic E-state index is 0.130. The Kier molecular flexibility index (Phi) is 3.52. The van der Waals surface area contributed by atoms with Crippen molar-refractivity contribution in [1.82, 2.24) is 5.43 Å². The third kappa shape index (κ3) is 2.28. The average Bonchev–Trinajstić information content (AvgIpc) is 2.15. The molecular weight excluding hydrogens is 231 g/mol. The first kappa shape index (κ1) is 11.2. The van der Waals surface area contributed by atoms with Gasteiger partial charge in [0.2, 0.25) is 0 Å². The van der Waals surface area contributed by atoms with Crippen molar-refractivity contribution in [3.8, 4) is 0 Å². The Labute approximate surface area is 99.7 Å². The van der Waals surface area contributed by atoms with Gasteiger partial charge in [-0.1, -0.05) is 29.6 Å². The van der Waals surface area contributed by atoms with E-state index in [1.165, 1.54) is 19.3 Å². The Bertz CT molecular complexity index is 350. The van der Waals surface area contributed by atoms with Gasteiger partial charge >= 0.3 is 0 Å². The summed E-state index contributed by atoms with van der Waals surface area (Å²) in [5.41, 5.74) is 3.86. The maximum absolute atomic E-state index is 6.14. The van der Waals surface area contributed by atoms with Gasteiger partial charge in [-0.15, -0.1) is 0 Å². The van der Waals surface area contributed by atoms with Crippen molar-refractivity contribution in [2.45, 2.75) is 25.3 Å². The van der Waals surface area contributed by atoms with E-state index in [0.29, 0.717) is 10.9 Å². The molecule has 1 atom stereocenters. The molecule has 1 unspecified atom stereocenters. The van der Waals surface area contributed by atoms with Gasteiger partial charge in [0.25, 0.3) is 0 Å². The van der Waals surface area contributed by atoms with Crippen LogP contribution in [0.3, 0.4) is 0 Å². The number of rotatable bonds is 3. The minimum Gasteiger partial charge on any atom is -0.271 e. The smallest absolute Gasteiger partial charge is 0.0503 e. The van der Waals surface area contributed by atoms with E-state index in [0.717, 1.165) is 10.6 Å². The molecule has 0 radical (unpaired) electrons. The maximum Gasteiger partial charge on any atom is 0.0503 e. The molecule has 4 heteroatoms. The first-order chi connectivity index (χ1) is 7.22. The fourth-order valence-electron chi connectivity index (χ4n) is 2.01. The van der Waals surface area contributed by atoms with E-state index >= 15 is 0 Å². The van der Waals surface area contributed by atoms with Gasteiger partial charge in [-0.05, 0) is 42.5 Å². The number of halogens is 2. The van der Waals surface area contributed by atoms with Gasteiger partial charge in [-0.3, -0.25) is 11.3 Å². The third-order valence-electron chi connectivity index (χ3n) is 3.09. The SMILES string of the molecule is NNC(c1cc(Cl)ccc1Cl)C1CCC1. The van der Waals surface area contributed by atoms with Crippen molar-refractivity contribution in [2.24, 2.45) is 11.8 Å². The quantitative estimate of drug-likeness (QED) is 0.633. The summed E-state index contributed by atoms with van der Waals surface area (Å²) in [6.07, 6.45) is 3.69. The van der Waals surface area contributed by atoms with E-state index in [1.807, 2.05) is 12.1 Å². The van der Waals surface area contributed by atoms with Crippen LogP contribution in [0.2, 0.25) is 10.0 Å². The van der Waals surface area contributed by atoms with Crippen molar-refractivity contribution in [3.63, 3.8) is 0 Å². The van der Waals surface area contributed by atoms with Crippen LogP contribution in [0.5, 0.6) is 0 Å². The predicted octanol–water partition coefficient (Wildman–Crippen LogP) is 3.30. The van der Waals surface area contributed by atoms with Gasteiger partial charge in [0.05, 0.1) is 6.04 Å². The van der Waals surface area contributed by atoms with Crippen LogP contribution in [0, 0.1) is 5.92 Å². The van der Waals surface area contributed by atoms with Gasteiger partial charge in [0.1, 0.15) is 0 Å². The highest BCUT2D eigenvalue weighted by molar-refractivity contribution is 6.33. The monoisotopic (exact) mass is 244 g/mol. The first-order valence-corrected chi connectivity index (χ1v) is 5.89. The van der Waals surface area contributed by atoms with Crippen molar-refractivity contribution in [1.29, 1.82) is 0 Å². The first-order valence-electron chi connectivity index (χ1n) is 5.13. The van der Waals surface area contributed by atoms with E-state index < -0.39 is 0 Å². The molecule has 0 bridgehead atoms. The summed E-state index contributed by atoms with van der Waals surface area (Å²) in [6, 6.07) is 5.64. The molecule has 15 heavy (non-hydrogen) atoms. The highest BCUT2D eigenvalue weighted by atomic mass is 35.5. The number of hydrogen-bond donors (Lipinski definition) is 2. The summed E-state index contributed by atoms with van der Waals surface area (Å²) in [7, 11) is 0. The summed E-state index contributed by atoms with van der Waals surface area (Å²) in [6.45, 7) is 0. The lowest BCUT2D eigenvalue weighted by molar-refractivity contribution is 0.232. The molecule has 0 amide bonds. The molecule has 2 rings (SSSR count). The van der Waals surface area contributed by atoms with Gasteiger partial charge < -0.3 is 0 Å². The van der Waals surface area contributed by atoms with Crippen molar-refractivity contribution in [2.75, 3.05) is 0 Å². The molecule has 1 aromatic rings. The summed E-state index contributed by atoms with van der Waals surface area (Å²) >= 11 is 12.1. The summed E-state index contributed by atoms with van der Waals surface area (Å²) in [5.74, 6) is 6.17. The second-order valence-corrected chi connectivity index (χ2v) is 4.84. The molecule has 0 aliphatic heterocycles. The second-order valence-electron chi connectivity index (χ2n) is 4.00. The lowest BCUT2D eigenvalue weighted by atomic mass is 9.77. The molecule has 1 aromatic carbocycles. The van der Waals surface area contributed by atoms with Crippen LogP contribution in [0.4, 0.5) is 0 Å². The van der Waals surface area contributed by atoms with Crippen molar-refractivity contribution in [3.05, 3.63) is 33.8 Å². The summed E-state index contributed by atoms with van der Waals surface area (Å²) in [4.78, 5) is 0. The number of nitrogens with two attached hydrogens (primary N) is 1. The van der Waals surface area contributed by atoms with E-state index in [4.69, 9.17) is 29.0 Å². The zero-order chi connectivity index (χ0) is 10.8. The van der Waals surface area contributed by atoms with Crippen molar-refractivity contribution >= 4 is 23.2 Å². The molecule has 1 fully saturated rings. The van der Waals surface area contributed by atoms with Crippen LogP contribution < -0.4 is 11.3 Å². The molecular formula is C11H14Cl2N2. The lowest BCUT2D eigenvalue weighted by Gasteiger charge is -2.34. The molecule has 0 spiro atoms. The van der Waals surface area contributed by atoms with E-state index in [2.05, 4.69) is 5.43 Å². The van der Waals surface area contributed by atoms with E-state index in [-0.39, 0.29) is 6.04 Å². The van der Waals surface area contributed by atoms with Crippen LogP contribution in [0.15, 0.2) is 18.2 Å². The molecule has 1 saturated carbocycles. The number of nitrogens with one attached hydrogen (secondary N) is 1. The third-order valence-corrected chi connectivity index (χ3v) is 3.67. The standard InChI is InChI=1S/C11H14Cl2N2/c12-8-4-5-10(13)9(6-8)11(15-14)7-2-1-3-7/h4-7,11,15H,1-3,14H2. The van der Waals surface area contributed by atoms with Gasteiger partial charge in [0, 0.05) is 10.0 Å². The fraction of sp³-hybridized carbons (Fsp3) is 0.455. The topological polar surface area (TPSA) is 38.0 Å². The van der Waals surface area contributed by atoms with E-state index in [1.54, 1.807) is 6.07 Å². The molecule has 0 aromatic heterocycles. The van der Waals surface area contributed by atoms with Gasteiger partial charge in [0.15, 0.2) is 0 Å². The Balaban J connectivity index is 2.28. The van der Waals surface area contributed by atoms with Gasteiger partial charge in [-0.2, -0.15) is 0 Å². The highest BCUT2D eigenvalue weighted by Gasteiger charge is 2.29. The second kappa shape index (κ2) is 4.71. The molecule has 3 N–H and O–H groups in total. The van der Waals surface area contributed by atoms with Crippen LogP contribution in [0.25, 0.3) is 0 Å².